The smallest absolute Gasteiger partial charge is 0.235 e. The predicted octanol–water partition coefficient (Wildman–Crippen LogP) is 2.41. The molecule has 0 aliphatic carbocycles. The van der Waals surface area contributed by atoms with Gasteiger partial charge in [0.05, 0.1) is 36.1 Å². The summed E-state index contributed by atoms with van der Waals surface area (Å²) in [4.78, 5) is 25.1. The zero-order valence-electron chi connectivity index (χ0n) is 14.5. The number of hydrogen-bond acceptors (Lipinski definition) is 5. The summed E-state index contributed by atoms with van der Waals surface area (Å²) in [5.41, 5.74) is 3.69. The molecule has 4 rings (SSSR count). The predicted molar refractivity (Wildman–Crippen MR) is 95.4 cm³/mol. The van der Waals surface area contributed by atoms with Crippen LogP contribution in [0.2, 0.25) is 0 Å². The van der Waals surface area contributed by atoms with Crippen molar-refractivity contribution in [2.75, 3.05) is 13.1 Å². The van der Waals surface area contributed by atoms with Crippen LogP contribution in [0.25, 0.3) is 22.2 Å². The Bertz CT molecular complexity index is 1040. The minimum atomic E-state index is -0.0379. The van der Waals surface area contributed by atoms with Crippen LogP contribution in [0.5, 0.6) is 5.88 Å². The van der Waals surface area contributed by atoms with E-state index in [9.17, 15) is 10.1 Å². The molecule has 1 amide bonds. The van der Waals surface area contributed by atoms with E-state index < -0.39 is 0 Å². The zero-order chi connectivity index (χ0) is 18.3. The number of para-hydroxylation sites is 1. The summed E-state index contributed by atoms with van der Waals surface area (Å²) in [6, 6.07) is 7.77. The standard InChI is InChI=1S/C19H17N5O2/c1-11-19(26-14-9-24(10-14)12(2)25)22-8-17(23-11)16-7-21-18-13(6-20)4-3-5-15(16)18/h3-5,7-8,14,21H,9-10H2,1-2H3. The van der Waals surface area contributed by atoms with Crippen molar-refractivity contribution in [3.8, 4) is 23.2 Å². The van der Waals surface area contributed by atoms with Gasteiger partial charge in [-0.2, -0.15) is 5.26 Å². The van der Waals surface area contributed by atoms with Gasteiger partial charge in [0.15, 0.2) is 0 Å². The number of aryl methyl sites for hydroxylation is 1. The summed E-state index contributed by atoms with van der Waals surface area (Å²) in [5, 5.41) is 10.2. The number of fused-ring (bicyclic) bond motifs is 1. The maximum Gasteiger partial charge on any atom is 0.235 e. The average Bonchev–Trinajstić information content (AvgIpc) is 3.02. The van der Waals surface area contributed by atoms with Gasteiger partial charge in [-0.25, -0.2) is 9.97 Å². The molecule has 3 heterocycles. The molecule has 1 saturated heterocycles. The molecule has 26 heavy (non-hydrogen) atoms. The number of carbonyl (C=O) groups excluding carboxylic acids is 1. The number of likely N-dealkylation sites (tertiary alicyclic amines) is 1. The number of aromatic nitrogens is 3. The van der Waals surface area contributed by atoms with Gasteiger partial charge in [-0.05, 0) is 13.0 Å². The first-order valence-electron chi connectivity index (χ1n) is 8.33. The maximum absolute atomic E-state index is 11.2. The first-order valence-corrected chi connectivity index (χ1v) is 8.33. The molecule has 0 saturated carbocycles. The number of amides is 1. The van der Waals surface area contributed by atoms with Crippen LogP contribution >= 0.6 is 0 Å². The van der Waals surface area contributed by atoms with Crippen molar-refractivity contribution in [3.63, 3.8) is 0 Å². The molecule has 3 aromatic rings. The fourth-order valence-electron chi connectivity index (χ4n) is 3.10. The van der Waals surface area contributed by atoms with E-state index in [2.05, 4.69) is 21.0 Å². The largest absolute Gasteiger partial charge is 0.469 e. The quantitative estimate of drug-likeness (QED) is 0.785. The van der Waals surface area contributed by atoms with Gasteiger partial charge in [-0.15, -0.1) is 0 Å². The lowest BCUT2D eigenvalue weighted by Crippen LogP contribution is -2.55. The van der Waals surface area contributed by atoms with Gasteiger partial charge in [0.2, 0.25) is 11.8 Å². The van der Waals surface area contributed by atoms with Crippen LogP contribution in [0, 0.1) is 18.3 Å². The second-order valence-electron chi connectivity index (χ2n) is 6.35. The number of nitrogens with one attached hydrogen (secondary N) is 1. The second kappa shape index (κ2) is 6.15. The fourth-order valence-corrected chi connectivity index (χ4v) is 3.10. The SMILES string of the molecule is CC(=O)N1CC(Oc2ncc(-c3c[nH]c4c(C#N)cccc34)nc2C)C1. The molecule has 1 aromatic carbocycles. The van der Waals surface area contributed by atoms with E-state index in [-0.39, 0.29) is 12.0 Å². The molecule has 2 aromatic heterocycles. The molecule has 1 N–H and O–H groups in total. The molecule has 0 unspecified atom stereocenters. The van der Waals surface area contributed by atoms with E-state index in [4.69, 9.17) is 4.74 Å². The summed E-state index contributed by atoms with van der Waals surface area (Å²) in [6.07, 6.45) is 3.47. The summed E-state index contributed by atoms with van der Waals surface area (Å²) >= 11 is 0. The van der Waals surface area contributed by atoms with Gasteiger partial charge >= 0.3 is 0 Å². The van der Waals surface area contributed by atoms with Crippen LogP contribution in [0.1, 0.15) is 18.2 Å². The molecule has 1 aliphatic rings. The van der Waals surface area contributed by atoms with E-state index >= 15 is 0 Å². The second-order valence-corrected chi connectivity index (χ2v) is 6.35. The highest BCUT2D eigenvalue weighted by atomic mass is 16.5. The lowest BCUT2D eigenvalue weighted by atomic mass is 10.1. The molecule has 7 heteroatoms. The van der Waals surface area contributed by atoms with Gasteiger partial charge in [0, 0.05) is 24.1 Å². The van der Waals surface area contributed by atoms with E-state index in [0.29, 0.717) is 30.2 Å². The van der Waals surface area contributed by atoms with Crippen molar-refractivity contribution >= 4 is 16.8 Å². The topological polar surface area (TPSA) is 94.9 Å². The Kier molecular flexibility index (Phi) is 3.81. The van der Waals surface area contributed by atoms with Crippen molar-refractivity contribution in [2.45, 2.75) is 20.0 Å². The number of rotatable bonds is 3. The Balaban J connectivity index is 1.59. The number of aromatic amines is 1. The van der Waals surface area contributed by atoms with Crippen LogP contribution in [0.4, 0.5) is 0 Å². The monoisotopic (exact) mass is 347 g/mol. The Morgan fingerprint density at radius 2 is 2.23 bits per heavy atom. The van der Waals surface area contributed by atoms with Crippen molar-refractivity contribution in [1.29, 1.82) is 5.26 Å². The third-order valence-electron chi connectivity index (χ3n) is 4.59. The highest BCUT2D eigenvalue weighted by Crippen LogP contribution is 2.30. The van der Waals surface area contributed by atoms with Crippen molar-refractivity contribution in [1.82, 2.24) is 19.9 Å². The lowest BCUT2D eigenvalue weighted by Gasteiger charge is -2.38. The van der Waals surface area contributed by atoms with E-state index in [1.807, 2.05) is 25.3 Å². The van der Waals surface area contributed by atoms with Crippen LogP contribution < -0.4 is 4.74 Å². The van der Waals surface area contributed by atoms with Crippen molar-refractivity contribution in [2.24, 2.45) is 0 Å². The van der Waals surface area contributed by atoms with Crippen molar-refractivity contribution < 1.29 is 9.53 Å². The average molecular weight is 347 g/mol. The van der Waals surface area contributed by atoms with Gasteiger partial charge in [-0.1, -0.05) is 12.1 Å². The summed E-state index contributed by atoms with van der Waals surface area (Å²) in [5.74, 6) is 0.540. The molecule has 7 nitrogen and oxygen atoms in total. The van der Waals surface area contributed by atoms with Gasteiger partial charge in [-0.3, -0.25) is 4.79 Å². The highest BCUT2D eigenvalue weighted by molar-refractivity contribution is 5.97. The number of nitrogens with zero attached hydrogens (tertiary/aromatic N) is 4. The Hall–Kier alpha value is -3.40. The van der Waals surface area contributed by atoms with Gasteiger partial charge in [0.1, 0.15) is 17.9 Å². The molecule has 1 aliphatic heterocycles. The molecular formula is C19H17N5O2. The summed E-state index contributed by atoms with van der Waals surface area (Å²) in [6.45, 7) is 4.56. The van der Waals surface area contributed by atoms with Gasteiger partial charge in [0.25, 0.3) is 0 Å². The van der Waals surface area contributed by atoms with E-state index in [1.165, 1.54) is 0 Å². The van der Waals surface area contributed by atoms with Crippen LogP contribution in [0.3, 0.4) is 0 Å². The summed E-state index contributed by atoms with van der Waals surface area (Å²) in [7, 11) is 0. The zero-order valence-corrected chi connectivity index (χ0v) is 14.5. The van der Waals surface area contributed by atoms with E-state index in [1.54, 1.807) is 24.1 Å². The van der Waals surface area contributed by atoms with E-state index in [0.717, 1.165) is 22.2 Å². The third-order valence-corrected chi connectivity index (χ3v) is 4.59. The molecular weight excluding hydrogens is 330 g/mol. The highest BCUT2D eigenvalue weighted by Gasteiger charge is 2.31. The molecule has 0 spiro atoms. The number of nitriles is 1. The van der Waals surface area contributed by atoms with Crippen LogP contribution in [-0.2, 0) is 4.79 Å². The number of carbonyl (C=O) groups is 1. The van der Waals surface area contributed by atoms with Crippen molar-refractivity contribution in [3.05, 3.63) is 41.9 Å². The Morgan fingerprint density at radius 3 is 2.92 bits per heavy atom. The minimum absolute atomic E-state index is 0.0379. The Morgan fingerprint density at radius 1 is 1.42 bits per heavy atom. The fraction of sp³-hybridized carbons (Fsp3) is 0.263. The van der Waals surface area contributed by atoms with Crippen LogP contribution in [0.15, 0.2) is 30.6 Å². The number of hydrogen-bond donors (Lipinski definition) is 1. The minimum Gasteiger partial charge on any atom is -0.469 e. The molecule has 0 radical (unpaired) electrons. The van der Waals surface area contributed by atoms with Gasteiger partial charge < -0.3 is 14.6 Å². The lowest BCUT2D eigenvalue weighted by molar-refractivity contribution is -0.137. The molecule has 1 fully saturated rings. The molecule has 0 bridgehead atoms. The first-order chi connectivity index (χ1) is 12.6. The normalized spacial score (nSPS) is 14.1. The summed E-state index contributed by atoms with van der Waals surface area (Å²) < 4.78 is 5.84. The maximum atomic E-state index is 11.2. The Labute approximate surface area is 150 Å². The molecule has 130 valence electrons. The molecule has 0 atom stereocenters. The number of H-pyrrole nitrogens is 1. The first kappa shape index (κ1) is 16.1. The number of benzene rings is 1. The number of ether oxygens (including phenoxy) is 1. The third kappa shape index (κ3) is 2.65. The van der Waals surface area contributed by atoms with Crippen LogP contribution in [-0.4, -0.2) is 45.0 Å².